The summed E-state index contributed by atoms with van der Waals surface area (Å²) in [6.45, 7) is 2.23. The SMILES string of the molecule is COC(=O)[C@H](CCN)NC(=O)[C@H](CC1CCCCC1)NC(=O)N1CCOCC1. The molecule has 0 aromatic heterocycles. The molecule has 0 radical (unpaired) electrons. The van der Waals surface area contributed by atoms with Gasteiger partial charge in [-0.15, -0.1) is 0 Å². The molecule has 0 aromatic carbocycles. The van der Waals surface area contributed by atoms with Crippen LogP contribution in [0.3, 0.4) is 0 Å². The fraction of sp³-hybridized carbons (Fsp3) is 0.842. The van der Waals surface area contributed by atoms with Gasteiger partial charge < -0.3 is 30.7 Å². The fourth-order valence-corrected chi connectivity index (χ4v) is 3.82. The van der Waals surface area contributed by atoms with Crippen molar-refractivity contribution in [2.45, 2.75) is 57.0 Å². The summed E-state index contributed by atoms with van der Waals surface area (Å²) < 4.78 is 10.0. The van der Waals surface area contributed by atoms with Crippen molar-refractivity contribution in [3.63, 3.8) is 0 Å². The summed E-state index contributed by atoms with van der Waals surface area (Å²) >= 11 is 0. The summed E-state index contributed by atoms with van der Waals surface area (Å²) in [4.78, 5) is 39.1. The maximum atomic E-state index is 12.9. The summed E-state index contributed by atoms with van der Waals surface area (Å²) in [5, 5.41) is 5.59. The molecule has 1 aliphatic carbocycles. The summed E-state index contributed by atoms with van der Waals surface area (Å²) in [5.74, 6) is -0.508. The number of hydrogen-bond donors (Lipinski definition) is 3. The van der Waals surface area contributed by atoms with Gasteiger partial charge in [-0.2, -0.15) is 0 Å². The lowest BCUT2D eigenvalue weighted by molar-refractivity contribution is -0.145. The zero-order valence-electron chi connectivity index (χ0n) is 16.8. The Balaban J connectivity index is 2.03. The molecule has 28 heavy (non-hydrogen) atoms. The molecule has 2 fully saturated rings. The topological polar surface area (TPSA) is 123 Å². The highest BCUT2D eigenvalue weighted by atomic mass is 16.5. The molecule has 2 atom stereocenters. The Bertz CT molecular complexity index is 518. The van der Waals surface area contributed by atoms with E-state index in [9.17, 15) is 14.4 Å². The molecule has 2 aliphatic rings. The molecule has 1 saturated heterocycles. The number of morpholine rings is 1. The Morgan fingerprint density at radius 3 is 2.39 bits per heavy atom. The second-order valence-corrected chi connectivity index (χ2v) is 7.50. The summed E-state index contributed by atoms with van der Waals surface area (Å²) in [6.07, 6.45) is 6.47. The molecule has 1 heterocycles. The average Bonchev–Trinajstić information content (AvgIpc) is 2.73. The first-order chi connectivity index (χ1) is 13.5. The zero-order chi connectivity index (χ0) is 20.4. The molecule has 160 valence electrons. The quantitative estimate of drug-likeness (QED) is 0.508. The van der Waals surface area contributed by atoms with Gasteiger partial charge in [0.25, 0.3) is 0 Å². The number of nitrogens with one attached hydrogen (secondary N) is 2. The predicted octanol–water partition coefficient (Wildman–Crippen LogP) is 0.374. The largest absolute Gasteiger partial charge is 0.467 e. The molecule has 9 heteroatoms. The van der Waals surface area contributed by atoms with E-state index in [0.717, 1.165) is 25.7 Å². The number of ether oxygens (including phenoxy) is 2. The van der Waals surface area contributed by atoms with Crippen LogP contribution in [0, 0.1) is 5.92 Å². The number of hydrogen-bond acceptors (Lipinski definition) is 6. The van der Waals surface area contributed by atoms with Crippen molar-refractivity contribution in [2.75, 3.05) is 40.0 Å². The molecule has 0 spiro atoms. The lowest BCUT2D eigenvalue weighted by atomic mass is 9.84. The molecule has 4 N–H and O–H groups in total. The highest BCUT2D eigenvalue weighted by Crippen LogP contribution is 2.27. The van der Waals surface area contributed by atoms with Crippen LogP contribution in [-0.4, -0.2) is 74.8 Å². The van der Waals surface area contributed by atoms with Crippen LogP contribution < -0.4 is 16.4 Å². The Morgan fingerprint density at radius 2 is 1.79 bits per heavy atom. The van der Waals surface area contributed by atoms with Gasteiger partial charge >= 0.3 is 12.0 Å². The lowest BCUT2D eigenvalue weighted by Crippen LogP contribution is -2.56. The van der Waals surface area contributed by atoms with Gasteiger partial charge in [-0.25, -0.2) is 9.59 Å². The third-order valence-electron chi connectivity index (χ3n) is 5.46. The van der Waals surface area contributed by atoms with E-state index in [-0.39, 0.29) is 24.9 Å². The molecule has 9 nitrogen and oxygen atoms in total. The standard InChI is InChI=1S/C19H34N4O5/c1-27-18(25)15(7-8-20)21-17(24)16(13-14-5-3-2-4-6-14)22-19(26)23-9-11-28-12-10-23/h14-16H,2-13,20H2,1H3,(H,21,24)(H,22,26)/t15-,16-/m0/s1. The van der Waals surface area contributed by atoms with E-state index in [1.807, 2.05) is 0 Å². The third-order valence-corrected chi connectivity index (χ3v) is 5.46. The fourth-order valence-electron chi connectivity index (χ4n) is 3.82. The number of amides is 3. The van der Waals surface area contributed by atoms with Crippen LogP contribution >= 0.6 is 0 Å². The van der Waals surface area contributed by atoms with Crippen molar-refractivity contribution >= 4 is 17.9 Å². The van der Waals surface area contributed by atoms with Crippen LogP contribution in [-0.2, 0) is 19.1 Å². The molecule has 0 bridgehead atoms. The highest BCUT2D eigenvalue weighted by molar-refractivity contribution is 5.90. The lowest BCUT2D eigenvalue weighted by Gasteiger charge is -2.31. The maximum absolute atomic E-state index is 12.9. The van der Waals surface area contributed by atoms with Crippen LogP contribution in [0.25, 0.3) is 0 Å². The van der Waals surface area contributed by atoms with Crippen LogP contribution in [0.4, 0.5) is 4.79 Å². The number of methoxy groups -OCH3 is 1. The first-order valence-electron chi connectivity index (χ1n) is 10.3. The molecule has 1 aliphatic heterocycles. The first kappa shape index (κ1) is 22.4. The molecular weight excluding hydrogens is 364 g/mol. The molecule has 1 saturated carbocycles. The highest BCUT2D eigenvalue weighted by Gasteiger charge is 2.31. The minimum atomic E-state index is -0.809. The smallest absolute Gasteiger partial charge is 0.328 e. The molecular formula is C19H34N4O5. The van der Waals surface area contributed by atoms with Gasteiger partial charge in [0.15, 0.2) is 0 Å². The number of esters is 1. The summed E-state index contributed by atoms with van der Waals surface area (Å²) in [6, 6.07) is -1.77. The minimum Gasteiger partial charge on any atom is -0.467 e. The van der Waals surface area contributed by atoms with Crippen molar-refractivity contribution in [3.05, 3.63) is 0 Å². The first-order valence-corrected chi connectivity index (χ1v) is 10.3. The van der Waals surface area contributed by atoms with Crippen molar-refractivity contribution in [3.8, 4) is 0 Å². The van der Waals surface area contributed by atoms with E-state index in [1.54, 1.807) is 4.90 Å². The number of urea groups is 1. The number of nitrogens with zero attached hydrogens (tertiary/aromatic N) is 1. The van der Waals surface area contributed by atoms with Crippen molar-refractivity contribution in [2.24, 2.45) is 11.7 Å². The van der Waals surface area contributed by atoms with E-state index < -0.39 is 18.1 Å². The van der Waals surface area contributed by atoms with Gasteiger partial charge in [-0.3, -0.25) is 4.79 Å². The predicted molar refractivity (Wildman–Crippen MR) is 104 cm³/mol. The van der Waals surface area contributed by atoms with Gasteiger partial charge in [0, 0.05) is 13.1 Å². The minimum absolute atomic E-state index is 0.244. The van der Waals surface area contributed by atoms with Crippen LogP contribution in [0.5, 0.6) is 0 Å². The second-order valence-electron chi connectivity index (χ2n) is 7.50. The van der Waals surface area contributed by atoms with E-state index >= 15 is 0 Å². The van der Waals surface area contributed by atoms with E-state index in [4.69, 9.17) is 15.2 Å². The van der Waals surface area contributed by atoms with Crippen LogP contribution in [0.15, 0.2) is 0 Å². The number of rotatable bonds is 8. The van der Waals surface area contributed by atoms with Crippen molar-refractivity contribution in [1.29, 1.82) is 0 Å². The average molecular weight is 399 g/mol. The number of carbonyl (C=O) groups excluding carboxylic acids is 3. The zero-order valence-corrected chi connectivity index (χ0v) is 16.8. The van der Waals surface area contributed by atoms with E-state index in [0.29, 0.717) is 38.6 Å². The number of nitrogens with two attached hydrogens (primary N) is 1. The van der Waals surface area contributed by atoms with Crippen LogP contribution in [0.1, 0.15) is 44.9 Å². The third kappa shape index (κ3) is 6.94. The molecule has 3 amide bonds. The van der Waals surface area contributed by atoms with Gasteiger partial charge in [-0.1, -0.05) is 32.1 Å². The second kappa shape index (κ2) is 11.9. The maximum Gasteiger partial charge on any atom is 0.328 e. The van der Waals surface area contributed by atoms with Gasteiger partial charge in [0.1, 0.15) is 12.1 Å². The Morgan fingerprint density at radius 1 is 1.11 bits per heavy atom. The van der Waals surface area contributed by atoms with Crippen molar-refractivity contribution < 1.29 is 23.9 Å². The van der Waals surface area contributed by atoms with Crippen LogP contribution in [0.2, 0.25) is 0 Å². The molecule has 0 unspecified atom stereocenters. The van der Waals surface area contributed by atoms with Gasteiger partial charge in [0.2, 0.25) is 5.91 Å². The Labute approximate surface area is 166 Å². The molecule has 0 aromatic rings. The Hall–Kier alpha value is -1.87. The monoisotopic (exact) mass is 398 g/mol. The van der Waals surface area contributed by atoms with Crippen molar-refractivity contribution in [1.82, 2.24) is 15.5 Å². The van der Waals surface area contributed by atoms with E-state index in [1.165, 1.54) is 13.5 Å². The molecule has 2 rings (SSSR count). The number of carbonyl (C=O) groups is 3. The summed E-state index contributed by atoms with van der Waals surface area (Å²) in [5.41, 5.74) is 5.55. The van der Waals surface area contributed by atoms with E-state index in [2.05, 4.69) is 10.6 Å². The summed E-state index contributed by atoms with van der Waals surface area (Å²) in [7, 11) is 1.28. The Kier molecular flexibility index (Phi) is 9.49. The van der Waals surface area contributed by atoms with Gasteiger partial charge in [-0.05, 0) is 25.3 Å². The normalized spacial score (nSPS) is 20.1. The van der Waals surface area contributed by atoms with Gasteiger partial charge in [0.05, 0.1) is 20.3 Å².